The molecule has 1 aliphatic rings. The Morgan fingerprint density at radius 3 is 2.04 bits per heavy atom. The van der Waals surface area contributed by atoms with Crippen LogP contribution in [0, 0.1) is 0 Å². The van der Waals surface area contributed by atoms with E-state index in [4.69, 9.17) is 11.6 Å². The first kappa shape index (κ1) is 15.1. The molecule has 3 rings (SSSR count). The number of nitrogens with zero attached hydrogens (tertiary/aromatic N) is 1. The number of Topliss-reactive ketones (excluding diaryl/α,β-unsaturated/α-hetero) is 2. The van der Waals surface area contributed by atoms with Gasteiger partial charge in [0, 0.05) is 0 Å². The number of carbonyl (C=O) groups is 2. The number of carbonyl (C=O) groups excluding carboxylic acids is 2. The number of rotatable bonds is 1. The van der Waals surface area contributed by atoms with Crippen LogP contribution in [-0.2, 0) is 0 Å². The van der Waals surface area contributed by atoms with Crippen LogP contribution in [0.5, 0.6) is 17.2 Å². The summed E-state index contributed by atoms with van der Waals surface area (Å²) in [6, 6.07) is 7.87. The minimum absolute atomic E-state index is 0.0235. The predicted molar refractivity (Wildman–Crippen MR) is 83.3 cm³/mol. The molecule has 2 aromatic carbocycles. The van der Waals surface area contributed by atoms with E-state index in [1.807, 2.05) is 0 Å². The quantitative estimate of drug-likeness (QED) is 0.550. The molecule has 6 nitrogen and oxygen atoms in total. The number of phenols is 3. The first-order chi connectivity index (χ1) is 10.9. The van der Waals surface area contributed by atoms with E-state index in [2.05, 4.69) is 4.99 Å². The van der Waals surface area contributed by atoms with Gasteiger partial charge in [0.2, 0.25) is 5.78 Å². The van der Waals surface area contributed by atoms with E-state index in [9.17, 15) is 24.9 Å². The Bertz CT molecular complexity index is 858. The lowest BCUT2D eigenvalue weighted by Gasteiger charge is -2.21. The molecule has 2 aromatic rings. The summed E-state index contributed by atoms with van der Waals surface area (Å²) >= 11 is 6.02. The van der Waals surface area contributed by atoms with E-state index in [1.165, 1.54) is 24.3 Å². The van der Waals surface area contributed by atoms with Crippen molar-refractivity contribution in [2.75, 3.05) is 0 Å². The smallest absolute Gasteiger partial charge is 0.213 e. The maximum absolute atomic E-state index is 12.5. The molecule has 1 aliphatic carbocycles. The average Bonchev–Trinajstić information content (AvgIpc) is 2.53. The largest absolute Gasteiger partial charge is 0.508 e. The normalized spacial score (nSPS) is 19.0. The van der Waals surface area contributed by atoms with E-state index < -0.39 is 28.4 Å². The zero-order valence-corrected chi connectivity index (χ0v) is 12.3. The third-order valence-electron chi connectivity index (χ3n) is 3.44. The summed E-state index contributed by atoms with van der Waals surface area (Å²) in [6.07, 6.45) is 0. The molecule has 0 aliphatic heterocycles. The second-order valence-electron chi connectivity index (χ2n) is 4.92. The highest BCUT2D eigenvalue weighted by Crippen LogP contribution is 2.36. The van der Waals surface area contributed by atoms with E-state index in [-0.39, 0.29) is 22.6 Å². The second-order valence-corrected chi connectivity index (χ2v) is 5.36. The van der Waals surface area contributed by atoms with Crippen molar-refractivity contribution in [3.8, 4) is 17.2 Å². The predicted octanol–water partition coefficient (Wildman–Crippen LogP) is 2.56. The standard InChI is InChI=1S/C16H10ClNO5/c17-13-14(18-7-1-3-8(19)4-2-7)16(23)12-10(21)6-5-9(20)11(12)15(13)22/h1-6,13,19-21H. The number of halogens is 1. The van der Waals surface area contributed by atoms with Crippen molar-refractivity contribution >= 4 is 34.6 Å². The molecule has 0 amide bonds. The van der Waals surface area contributed by atoms with Crippen LogP contribution in [0.15, 0.2) is 41.4 Å². The molecule has 0 radical (unpaired) electrons. The fourth-order valence-electron chi connectivity index (χ4n) is 2.33. The van der Waals surface area contributed by atoms with Crippen molar-refractivity contribution in [3.63, 3.8) is 0 Å². The molecule has 0 saturated carbocycles. The summed E-state index contributed by atoms with van der Waals surface area (Å²) in [5.41, 5.74) is -0.562. The molecule has 0 fully saturated rings. The van der Waals surface area contributed by atoms with Gasteiger partial charge in [0.1, 0.15) is 28.3 Å². The third kappa shape index (κ3) is 2.43. The lowest BCUT2D eigenvalue weighted by Crippen LogP contribution is -2.38. The van der Waals surface area contributed by atoms with Gasteiger partial charge in [-0.2, -0.15) is 0 Å². The highest BCUT2D eigenvalue weighted by Gasteiger charge is 2.41. The van der Waals surface area contributed by atoms with Crippen LogP contribution < -0.4 is 0 Å². The molecular weight excluding hydrogens is 322 g/mol. The third-order valence-corrected chi connectivity index (χ3v) is 3.84. The molecule has 7 heteroatoms. The lowest BCUT2D eigenvalue weighted by atomic mass is 9.86. The Morgan fingerprint density at radius 1 is 0.870 bits per heavy atom. The average molecular weight is 332 g/mol. The van der Waals surface area contributed by atoms with E-state index in [0.29, 0.717) is 5.69 Å². The van der Waals surface area contributed by atoms with Gasteiger partial charge in [0.15, 0.2) is 5.78 Å². The maximum Gasteiger partial charge on any atom is 0.213 e. The van der Waals surface area contributed by atoms with Gasteiger partial charge >= 0.3 is 0 Å². The van der Waals surface area contributed by atoms with Gasteiger partial charge in [-0.15, -0.1) is 11.6 Å². The molecule has 3 N–H and O–H groups in total. The number of ketones is 2. The number of phenolic OH excluding ortho intramolecular Hbond substituents is 3. The summed E-state index contributed by atoms with van der Waals surface area (Å²) in [5.74, 6) is -2.28. The molecular formula is C16H10ClNO5. The summed E-state index contributed by atoms with van der Waals surface area (Å²) in [6.45, 7) is 0. The molecule has 0 aromatic heterocycles. The fraction of sp³-hybridized carbons (Fsp3) is 0.0625. The van der Waals surface area contributed by atoms with Crippen LogP contribution in [0.2, 0.25) is 0 Å². The fourth-order valence-corrected chi connectivity index (χ4v) is 2.58. The SMILES string of the molecule is O=C1C(=Nc2ccc(O)cc2)C(Cl)C(=O)c2c(O)ccc(O)c21. The molecule has 1 unspecified atom stereocenters. The first-order valence-corrected chi connectivity index (χ1v) is 6.99. The number of fused-ring (bicyclic) bond motifs is 1. The van der Waals surface area contributed by atoms with Gasteiger partial charge in [0.05, 0.1) is 16.8 Å². The Labute approximate surface area is 135 Å². The molecule has 1 atom stereocenters. The maximum atomic E-state index is 12.5. The molecule has 0 heterocycles. The van der Waals surface area contributed by atoms with Crippen molar-refractivity contribution < 1.29 is 24.9 Å². The lowest BCUT2D eigenvalue weighted by molar-refractivity contribution is 0.0963. The minimum atomic E-state index is -1.38. The van der Waals surface area contributed by atoms with Gasteiger partial charge in [-0.25, -0.2) is 4.99 Å². The number of alkyl halides is 1. The van der Waals surface area contributed by atoms with Crippen LogP contribution in [0.4, 0.5) is 5.69 Å². The van der Waals surface area contributed by atoms with E-state index >= 15 is 0 Å². The zero-order valence-electron chi connectivity index (χ0n) is 11.5. The monoisotopic (exact) mass is 331 g/mol. The Kier molecular flexibility index (Phi) is 3.54. The molecule has 116 valence electrons. The Balaban J connectivity index is 2.18. The zero-order chi connectivity index (χ0) is 16.7. The van der Waals surface area contributed by atoms with Crippen molar-refractivity contribution in [2.24, 2.45) is 4.99 Å². The van der Waals surface area contributed by atoms with Crippen LogP contribution in [0.1, 0.15) is 20.7 Å². The van der Waals surface area contributed by atoms with Crippen LogP contribution >= 0.6 is 11.6 Å². The minimum Gasteiger partial charge on any atom is -0.508 e. The van der Waals surface area contributed by atoms with Crippen molar-refractivity contribution in [3.05, 3.63) is 47.5 Å². The first-order valence-electron chi connectivity index (χ1n) is 6.55. The molecule has 23 heavy (non-hydrogen) atoms. The van der Waals surface area contributed by atoms with E-state index in [0.717, 1.165) is 12.1 Å². The van der Waals surface area contributed by atoms with Crippen molar-refractivity contribution in [2.45, 2.75) is 5.38 Å². The second kappa shape index (κ2) is 5.40. The van der Waals surface area contributed by atoms with Gasteiger partial charge in [0.25, 0.3) is 0 Å². The number of benzene rings is 2. The highest BCUT2D eigenvalue weighted by molar-refractivity contribution is 6.65. The number of aliphatic imine (C=N–C) groups is 1. The van der Waals surface area contributed by atoms with Crippen molar-refractivity contribution in [1.29, 1.82) is 0 Å². The van der Waals surface area contributed by atoms with Gasteiger partial charge in [-0.3, -0.25) is 9.59 Å². The summed E-state index contributed by atoms with van der Waals surface area (Å²) < 4.78 is 0. The highest BCUT2D eigenvalue weighted by atomic mass is 35.5. The molecule has 0 bridgehead atoms. The molecule has 0 spiro atoms. The summed E-state index contributed by atoms with van der Waals surface area (Å²) in [4.78, 5) is 28.9. The van der Waals surface area contributed by atoms with Crippen LogP contribution in [0.3, 0.4) is 0 Å². The van der Waals surface area contributed by atoms with E-state index in [1.54, 1.807) is 0 Å². The van der Waals surface area contributed by atoms with Gasteiger partial charge in [-0.1, -0.05) is 0 Å². The number of hydrogen-bond donors (Lipinski definition) is 3. The summed E-state index contributed by atoms with van der Waals surface area (Å²) in [7, 11) is 0. The van der Waals surface area contributed by atoms with Crippen molar-refractivity contribution in [1.82, 2.24) is 0 Å². The topological polar surface area (TPSA) is 107 Å². The number of aromatic hydroxyl groups is 3. The van der Waals surface area contributed by atoms with Gasteiger partial charge in [-0.05, 0) is 36.4 Å². The van der Waals surface area contributed by atoms with Crippen LogP contribution in [0.25, 0.3) is 0 Å². The number of hydrogen-bond acceptors (Lipinski definition) is 6. The van der Waals surface area contributed by atoms with Crippen LogP contribution in [-0.4, -0.2) is 38.0 Å². The Hall–Kier alpha value is -2.86. The Morgan fingerprint density at radius 2 is 1.43 bits per heavy atom. The van der Waals surface area contributed by atoms with Gasteiger partial charge < -0.3 is 15.3 Å². The molecule has 0 saturated heterocycles. The summed E-state index contributed by atoms with van der Waals surface area (Å²) in [5, 5.41) is 27.5.